The topological polar surface area (TPSA) is 81.4 Å². The van der Waals surface area contributed by atoms with Gasteiger partial charge in [0.25, 0.3) is 11.9 Å². The molecular weight excluding hydrogens is 368 g/mol. The van der Waals surface area contributed by atoms with E-state index in [1.165, 1.54) is 0 Å². The van der Waals surface area contributed by atoms with Gasteiger partial charge in [0, 0.05) is 49.2 Å². The molecule has 0 bridgehead atoms. The summed E-state index contributed by atoms with van der Waals surface area (Å²) in [7, 11) is 0. The van der Waals surface area contributed by atoms with E-state index in [0.717, 1.165) is 35.5 Å². The molecule has 1 atom stereocenters. The summed E-state index contributed by atoms with van der Waals surface area (Å²) in [6.07, 6.45) is 7.29. The lowest BCUT2D eigenvalue weighted by Crippen LogP contribution is -2.39. The number of piperidine rings is 1. The van der Waals surface area contributed by atoms with Crippen LogP contribution in [0.4, 0.5) is 0 Å². The zero-order valence-electron chi connectivity index (χ0n) is 16.7. The van der Waals surface area contributed by atoms with Crippen LogP contribution in [-0.4, -0.2) is 45.5 Å². The number of hydrogen-bond donors (Lipinski definition) is 0. The zero-order valence-corrected chi connectivity index (χ0v) is 16.7. The molecule has 0 unspecified atom stereocenters. The normalized spacial score (nSPS) is 16.6. The number of ether oxygens (including phenoxy) is 1. The summed E-state index contributed by atoms with van der Waals surface area (Å²) < 4.78 is 10.9. The van der Waals surface area contributed by atoms with Gasteiger partial charge in [0.1, 0.15) is 5.82 Å². The molecule has 0 saturated carbocycles. The molecule has 3 aromatic rings. The van der Waals surface area contributed by atoms with Crippen molar-refractivity contribution in [1.82, 2.24) is 19.9 Å². The Morgan fingerprint density at radius 2 is 2.10 bits per heavy atom. The quantitative estimate of drug-likeness (QED) is 0.656. The molecule has 7 heteroatoms. The molecule has 0 aromatic carbocycles. The Kier molecular flexibility index (Phi) is 5.55. The number of nitrogens with zero attached hydrogens (tertiary/aromatic N) is 4. The summed E-state index contributed by atoms with van der Waals surface area (Å²) in [6, 6.07) is 7.28. The summed E-state index contributed by atoms with van der Waals surface area (Å²) in [6.45, 7) is 5.57. The van der Waals surface area contributed by atoms with E-state index in [4.69, 9.17) is 14.1 Å². The average molecular weight is 392 g/mol. The van der Waals surface area contributed by atoms with Crippen molar-refractivity contribution in [1.29, 1.82) is 0 Å². The number of aromatic nitrogens is 3. The Hall–Kier alpha value is -3.22. The van der Waals surface area contributed by atoms with Crippen LogP contribution < -0.4 is 4.74 Å². The lowest BCUT2D eigenvalue weighted by atomic mass is 9.90. The van der Waals surface area contributed by atoms with Crippen molar-refractivity contribution in [3.63, 3.8) is 0 Å². The number of likely N-dealkylation sites (tertiary alicyclic amines) is 1. The molecular formula is C22H24N4O3. The van der Waals surface area contributed by atoms with Crippen LogP contribution in [0.15, 0.2) is 47.3 Å². The first-order valence-corrected chi connectivity index (χ1v) is 9.91. The van der Waals surface area contributed by atoms with Crippen molar-refractivity contribution >= 4 is 5.91 Å². The van der Waals surface area contributed by atoms with Crippen LogP contribution in [0.25, 0.3) is 11.1 Å². The van der Waals surface area contributed by atoms with Gasteiger partial charge in [-0.1, -0.05) is 0 Å². The second-order valence-corrected chi connectivity index (χ2v) is 7.09. The molecule has 29 heavy (non-hydrogen) atoms. The van der Waals surface area contributed by atoms with Crippen molar-refractivity contribution in [2.75, 3.05) is 19.7 Å². The maximum atomic E-state index is 13.0. The smallest absolute Gasteiger partial charge is 0.289 e. The molecule has 0 radical (unpaired) electrons. The largest absolute Gasteiger partial charge is 0.465 e. The van der Waals surface area contributed by atoms with Gasteiger partial charge in [-0.25, -0.2) is 9.97 Å². The molecule has 0 N–H and O–H groups in total. The molecule has 1 amide bonds. The van der Waals surface area contributed by atoms with Gasteiger partial charge in [0.15, 0.2) is 5.76 Å². The third-order valence-electron chi connectivity index (χ3n) is 5.10. The van der Waals surface area contributed by atoms with E-state index in [1.54, 1.807) is 24.5 Å². The second kappa shape index (κ2) is 8.43. The molecule has 4 rings (SSSR count). The van der Waals surface area contributed by atoms with Crippen LogP contribution in [0.2, 0.25) is 0 Å². The zero-order chi connectivity index (χ0) is 20.2. The number of amides is 1. The van der Waals surface area contributed by atoms with Crippen molar-refractivity contribution in [3.8, 4) is 17.1 Å². The molecule has 0 spiro atoms. The Balaban J connectivity index is 1.58. The van der Waals surface area contributed by atoms with Crippen LogP contribution >= 0.6 is 0 Å². The highest BCUT2D eigenvalue weighted by Crippen LogP contribution is 2.33. The van der Waals surface area contributed by atoms with Gasteiger partial charge < -0.3 is 14.1 Å². The van der Waals surface area contributed by atoms with E-state index in [9.17, 15) is 4.79 Å². The Bertz CT molecular complexity index is 987. The van der Waals surface area contributed by atoms with Gasteiger partial charge in [-0.15, -0.1) is 0 Å². The third kappa shape index (κ3) is 4.13. The van der Waals surface area contributed by atoms with Gasteiger partial charge in [0.2, 0.25) is 0 Å². The summed E-state index contributed by atoms with van der Waals surface area (Å²) in [5.41, 5.74) is 3.01. The molecule has 1 saturated heterocycles. The van der Waals surface area contributed by atoms with Crippen molar-refractivity contribution in [2.24, 2.45) is 0 Å². The first-order valence-electron chi connectivity index (χ1n) is 9.91. The van der Waals surface area contributed by atoms with E-state index in [-0.39, 0.29) is 11.8 Å². The fourth-order valence-corrected chi connectivity index (χ4v) is 3.75. The minimum absolute atomic E-state index is 0.114. The first kappa shape index (κ1) is 19.1. The van der Waals surface area contributed by atoms with Gasteiger partial charge in [-0.05, 0) is 50.5 Å². The van der Waals surface area contributed by atoms with E-state index in [1.807, 2.05) is 37.1 Å². The van der Waals surface area contributed by atoms with Crippen LogP contribution in [-0.2, 0) is 0 Å². The van der Waals surface area contributed by atoms with Crippen LogP contribution in [0.5, 0.6) is 5.95 Å². The highest BCUT2D eigenvalue weighted by Gasteiger charge is 2.29. The summed E-state index contributed by atoms with van der Waals surface area (Å²) in [5, 5.41) is 0. The monoisotopic (exact) mass is 392 g/mol. The van der Waals surface area contributed by atoms with Crippen LogP contribution in [0.3, 0.4) is 0 Å². The number of pyridine rings is 1. The number of furan rings is 1. The summed E-state index contributed by atoms with van der Waals surface area (Å²) >= 11 is 0. The Morgan fingerprint density at radius 3 is 2.90 bits per heavy atom. The molecule has 150 valence electrons. The predicted octanol–water partition coefficient (Wildman–Crippen LogP) is 3.86. The van der Waals surface area contributed by atoms with E-state index in [2.05, 4.69) is 9.97 Å². The van der Waals surface area contributed by atoms with Crippen LogP contribution in [0.1, 0.15) is 47.8 Å². The summed E-state index contributed by atoms with van der Waals surface area (Å²) in [5.74, 6) is 1.43. The van der Waals surface area contributed by atoms with Crippen molar-refractivity contribution in [2.45, 2.75) is 32.6 Å². The lowest BCUT2D eigenvalue weighted by Gasteiger charge is -2.32. The highest BCUT2D eigenvalue weighted by atomic mass is 16.6. The summed E-state index contributed by atoms with van der Waals surface area (Å²) in [4.78, 5) is 28.0. The average Bonchev–Trinajstić information content (AvgIpc) is 3.23. The predicted molar refractivity (Wildman–Crippen MR) is 108 cm³/mol. The van der Waals surface area contributed by atoms with Gasteiger partial charge >= 0.3 is 0 Å². The molecule has 1 fully saturated rings. The molecule has 1 aliphatic rings. The standard InChI is InChI=1S/C22H24N4O3/c1-3-28-20-7-6-19(29-20)22(27)26-12-4-5-17(14-26)21-18(13-24-15(2)25-21)16-8-10-23-11-9-16/h6-11,13,17H,3-5,12,14H2,1-2H3/t17-/m0/s1. The third-order valence-corrected chi connectivity index (χ3v) is 5.10. The van der Waals surface area contributed by atoms with Gasteiger partial charge in [-0.3, -0.25) is 9.78 Å². The minimum Gasteiger partial charge on any atom is -0.465 e. The molecule has 7 nitrogen and oxygen atoms in total. The van der Waals surface area contributed by atoms with E-state index >= 15 is 0 Å². The molecule has 3 aromatic heterocycles. The van der Waals surface area contributed by atoms with E-state index < -0.39 is 0 Å². The maximum Gasteiger partial charge on any atom is 0.289 e. The molecule has 0 aliphatic carbocycles. The lowest BCUT2D eigenvalue weighted by molar-refractivity contribution is 0.0666. The fourth-order valence-electron chi connectivity index (χ4n) is 3.75. The van der Waals surface area contributed by atoms with Crippen molar-refractivity contribution in [3.05, 3.63) is 60.1 Å². The number of hydrogen-bond acceptors (Lipinski definition) is 6. The van der Waals surface area contributed by atoms with Gasteiger partial charge in [-0.2, -0.15) is 0 Å². The number of aryl methyl sites for hydroxylation is 1. The number of carbonyl (C=O) groups excluding carboxylic acids is 1. The SMILES string of the molecule is CCOc1ccc(C(=O)N2CCC[C@H](c3nc(C)ncc3-c3ccncc3)C2)o1. The minimum atomic E-state index is -0.114. The Morgan fingerprint density at radius 1 is 1.28 bits per heavy atom. The fraction of sp³-hybridized carbons (Fsp3) is 0.364. The second-order valence-electron chi connectivity index (χ2n) is 7.09. The van der Waals surface area contributed by atoms with Crippen LogP contribution in [0, 0.1) is 6.92 Å². The Labute approximate surface area is 169 Å². The van der Waals surface area contributed by atoms with E-state index in [0.29, 0.717) is 31.4 Å². The number of carbonyl (C=O) groups is 1. The number of rotatable bonds is 5. The maximum absolute atomic E-state index is 13.0. The highest BCUT2D eigenvalue weighted by molar-refractivity contribution is 5.91. The van der Waals surface area contributed by atoms with Gasteiger partial charge in [0.05, 0.1) is 12.3 Å². The first-order chi connectivity index (χ1) is 14.2. The molecule has 4 heterocycles. The molecule has 1 aliphatic heterocycles. The van der Waals surface area contributed by atoms with Crippen molar-refractivity contribution < 1.29 is 13.9 Å².